The molecule has 6 heteroatoms. The van der Waals surface area contributed by atoms with Gasteiger partial charge in [-0.05, 0) is 68.0 Å². The maximum absolute atomic E-state index is 13.1. The third-order valence-corrected chi connectivity index (χ3v) is 6.05. The lowest BCUT2D eigenvalue weighted by atomic mass is 9.95. The number of benzene rings is 1. The summed E-state index contributed by atoms with van der Waals surface area (Å²) in [7, 11) is 0. The maximum Gasteiger partial charge on any atom is 0.258 e. The molecule has 142 valence electrons. The van der Waals surface area contributed by atoms with Gasteiger partial charge in [-0.1, -0.05) is 12.1 Å². The summed E-state index contributed by atoms with van der Waals surface area (Å²) in [6, 6.07) is 11.0. The van der Waals surface area contributed by atoms with Crippen molar-refractivity contribution in [2.75, 3.05) is 10.6 Å². The Morgan fingerprint density at radius 2 is 1.79 bits per heavy atom. The summed E-state index contributed by atoms with van der Waals surface area (Å²) in [5.74, 6) is -0.402. The number of anilines is 2. The molecule has 5 nitrogen and oxygen atoms in total. The number of carbonyl (C=O) groups is 2. The van der Waals surface area contributed by atoms with Gasteiger partial charge < -0.3 is 10.6 Å². The molecule has 28 heavy (non-hydrogen) atoms. The molecule has 1 aliphatic carbocycles. The first-order valence-corrected chi connectivity index (χ1v) is 10.2. The average Bonchev–Trinajstić information content (AvgIpc) is 3.06. The number of aryl methyl sites for hydroxylation is 2. The second-order valence-corrected chi connectivity index (χ2v) is 8.03. The SMILES string of the molecule is Cc1cccc(NC(=O)c2c(NC(=O)c3ccncc3)sc3c2CCCC3)c1. The van der Waals surface area contributed by atoms with Gasteiger partial charge >= 0.3 is 0 Å². The molecule has 1 aliphatic rings. The van der Waals surface area contributed by atoms with E-state index in [1.807, 2.05) is 31.2 Å². The van der Waals surface area contributed by atoms with E-state index in [1.165, 1.54) is 16.2 Å². The summed E-state index contributed by atoms with van der Waals surface area (Å²) in [6.45, 7) is 1.99. The lowest BCUT2D eigenvalue weighted by Crippen LogP contribution is -2.18. The lowest BCUT2D eigenvalue weighted by Gasteiger charge is -2.13. The van der Waals surface area contributed by atoms with Crippen LogP contribution in [-0.4, -0.2) is 16.8 Å². The lowest BCUT2D eigenvalue weighted by molar-refractivity contribution is 0.102. The van der Waals surface area contributed by atoms with E-state index in [9.17, 15) is 9.59 Å². The molecule has 2 N–H and O–H groups in total. The Morgan fingerprint density at radius 3 is 2.57 bits per heavy atom. The van der Waals surface area contributed by atoms with E-state index >= 15 is 0 Å². The largest absolute Gasteiger partial charge is 0.322 e. The summed E-state index contributed by atoms with van der Waals surface area (Å²) in [5, 5.41) is 6.57. The van der Waals surface area contributed by atoms with Crippen molar-refractivity contribution in [3.8, 4) is 0 Å². The Labute approximate surface area is 167 Å². The Bertz CT molecular complexity index is 1030. The van der Waals surface area contributed by atoms with Crippen molar-refractivity contribution >= 4 is 33.8 Å². The summed E-state index contributed by atoms with van der Waals surface area (Å²) in [5.41, 5.74) is 4.03. The standard InChI is InChI=1S/C22H21N3O2S/c1-14-5-4-6-16(13-14)24-21(27)19-17-7-2-3-8-18(17)28-22(19)25-20(26)15-9-11-23-12-10-15/h4-6,9-13H,2-3,7-8H2,1H3,(H,24,27)(H,25,26). The van der Waals surface area contributed by atoms with Gasteiger partial charge in [0.2, 0.25) is 0 Å². The van der Waals surface area contributed by atoms with Crippen molar-refractivity contribution in [3.05, 3.63) is 75.9 Å². The average molecular weight is 391 g/mol. The highest BCUT2D eigenvalue weighted by atomic mass is 32.1. The number of fused-ring (bicyclic) bond motifs is 1. The Hall–Kier alpha value is -2.99. The zero-order valence-electron chi connectivity index (χ0n) is 15.6. The normalized spacial score (nSPS) is 12.9. The van der Waals surface area contributed by atoms with Gasteiger partial charge in [0.05, 0.1) is 5.56 Å². The fraction of sp³-hybridized carbons (Fsp3) is 0.227. The molecule has 0 unspecified atom stereocenters. The minimum Gasteiger partial charge on any atom is -0.322 e. The van der Waals surface area contributed by atoms with E-state index in [2.05, 4.69) is 15.6 Å². The van der Waals surface area contributed by atoms with Crippen LogP contribution in [-0.2, 0) is 12.8 Å². The fourth-order valence-electron chi connectivity index (χ4n) is 3.49. The first-order chi connectivity index (χ1) is 13.6. The number of rotatable bonds is 4. The minimum atomic E-state index is -0.231. The molecule has 2 heterocycles. The summed E-state index contributed by atoms with van der Waals surface area (Å²) >= 11 is 1.52. The summed E-state index contributed by atoms with van der Waals surface area (Å²) < 4.78 is 0. The van der Waals surface area contributed by atoms with Gasteiger partial charge in [0.1, 0.15) is 5.00 Å². The van der Waals surface area contributed by atoms with Crippen LogP contribution in [0.5, 0.6) is 0 Å². The van der Waals surface area contributed by atoms with Crippen LogP contribution in [0.25, 0.3) is 0 Å². The molecule has 2 aromatic heterocycles. The van der Waals surface area contributed by atoms with Crippen molar-refractivity contribution in [2.24, 2.45) is 0 Å². The van der Waals surface area contributed by atoms with Gasteiger partial charge in [-0.3, -0.25) is 14.6 Å². The minimum absolute atomic E-state index is 0.171. The third kappa shape index (κ3) is 3.82. The third-order valence-electron chi connectivity index (χ3n) is 4.84. The molecular weight excluding hydrogens is 370 g/mol. The molecule has 0 aliphatic heterocycles. The smallest absolute Gasteiger partial charge is 0.258 e. The number of nitrogens with zero attached hydrogens (tertiary/aromatic N) is 1. The molecule has 0 fully saturated rings. The molecule has 1 aromatic carbocycles. The number of pyridine rings is 1. The molecular formula is C22H21N3O2S. The van der Waals surface area contributed by atoms with Crippen LogP contribution in [0.15, 0.2) is 48.8 Å². The number of aromatic nitrogens is 1. The van der Waals surface area contributed by atoms with Crippen molar-refractivity contribution in [1.29, 1.82) is 0 Å². The van der Waals surface area contributed by atoms with E-state index in [1.54, 1.807) is 24.5 Å². The molecule has 3 aromatic rings. The van der Waals surface area contributed by atoms with Crippen LogP contribution in [0, 0.1) is 6.92 Å². The predicted octanol–water partition coefficient (Wildman–Crippen LogP) is 4.83. The highest BCUT2D eigenvalue weighted by Gasteiger charge is 2.26. The van der Waals surface area contributed by atoms with E-state index < -0.39 is 0 Å². The number of nitrogens with one attached hydrogen (secondary N) is 2. The van der Waals surface area contributed by atoms with Crippen molar-refractivity contribution in [2.45, 2.75) is 32.6 Å². The molecule has 2 amide bonds. The molecule has 0 atom stereocenters. The second-order valence-electron chi connectivity index (χ2n) is 6.93. The van der Waals surface area contributed by atoms with Crippen LogP contribution in [0.1, 0.15) is 49.6 Å². The Morgan fingerprint density at radius 1 is 1.00 bits per heavy atom. The summed E-state index contributed by atoms with van der Waals surface area (Å²) in [4.78, 5) is 30.9. The molecule has 0 saturated carbocycles. The van der Waals surface area contributed by atoms with Gasteiger partial charge in [0.15, 0.2) is 0 Å². The number of carbonyl (C=O) groups excluding carboxylic acids is 2. The van der Waals surface area contributed by atoms with Crippen LogP contribution in [0.2, 0.25) is 0 Å². The zero-order chi connectivity index (χ0) is 19.5. The van der Waals surface area contributed by atoms with Crippen LogP contribution >= 0.6 is 11.3 Å². The molecule has 4 rings (SSSR count). The fourth-order valence-corrected chi connectivity index (χ4v) is 4.77. The number of hydrogen-bond acceptors (Lipinski definition) is 4. The van der Waals surface area contributed by atoms with Gasteiger partial charge in [-0.25, -0.2) is 0 Å². The highest BCUT2D eigenvalue weighted by molar-refractivity contribution is 7.17. The predicted molar refractivity (Wildman–Crippen MR) is 112 cm³/mol. The first kappa shape index (κ1) is 18.4. The van der Waals surface area contributed by atoms with E-state index in [4.69, 9.17) is 0 Å². The zero-order valence-corrected chi connectivity index (χ0v) is 16.4. The monoisotopic (exact) mass is 391 g/mol. The maximum atomic E-state index is 13.1. The van der Waals surface area contributed by atoms with E-state index in [-0.39, 0.29) is 11.8 Å². The van der Waals surface area contributed by atoms with E-state index in [0.29, 0.717) is 16.1 Å². The van der Waals surface area contributed by atoms with Gasteiger partial charge in [-0.15, -0.1) is 11.3 Å². The van der Waals surface area contributed by atoms with Crippen LogP contribution < -0.4 is 10.6 Å². The highest BCUT2D eigenvalue weighted by Crippen LogP contribution is 2.38. The molecule has 0 bridgehead atoms. The van der Waals surface area contributed by atoms with E-state index in [0.717, 1.165) is 42.5 Å². The topological polar surface area (TPSA) is 71.1 Å². The Balaban J connectivity index is 1.66. The molecule has 0 spiro atoms. The Kier molecular flexibility index (Phi) is 5.21. The van der Waals surface area contributed by atoms with Gasteiger partial charge in [-0.2, -0.15) is 0 Å². The number of thiophene rings is 1. The van der Waals surface area contributed by atoms with Crippen molar-refractivity contribution in [1.82, 2.24) is 4.98 Å². The molecule has 0 saturated heterocycles. The number of amides is 2. The summed E-state index contributed by atoms with van der Waals surface area (Å²) in [6.07, 6.45) is 7.17. The van der Waals surface area contributed by atoms with Crippen LogP contribution in [0.4, 0.5) is 10.7 Å². The quantitative estimate of drug-likeness (QED) is 0.669. The van der Waals surface area contributed by atoms with Crippen molar-refractivity contribution in [3.63, 3.8) is 0 Å². The number of hydrogen-bond donors (Lipinski definition) is 2. The van der Waals surface area contributed by atoms with Crippen molar-refractivity contribution < 1.29 is 9.59 Å². The first-order valence-electron chi connectivity index (χ1n) is 9.36. The van der Waals surface area contributed by atoms with Gasteiger partial charge in [0.25, 0.3) is 11.8 Å². The molecule has 0 radical (unpaired) electrons. The van der Waals surface area contributed by atoms with Crippen LogP contribution in [0.3, 0.4) is 0 Å². The second kappa shape index (κ2) is 7.94. The van der Waals surface area contributed by atoms with Gasteiger partial charge in [0, 0.05) is 28.5 Å².